The third-order valence-electron chi connectivity index (χ3n) is 2.01. The van der Waals surface area contributed by atoms with Crippen molar-refractivity contribution in [2.45, 2.75) is 52.9 Å². The van der Waals surface area contributed by atoms with Crippen molar-refractivity contribution >= 4 is 0 Å². The Kier molecular flexibility index (Phi) is 5.29. The molecule has 94 valence electrons. The highest BCUT2D eigenvalue weighted by atomic mass is 19.4. The van der Waals surface area contributed by atoms with Gasteiger partial charge < -0.3 is 9.47 Å². The summed E-state index contributed by atoms with van der Waals surface area (Å²) in [5, 5.41) is 0. The highest BCUT2D eigenvalue weighted by Gasteiger charge is 2.64. The molecule has 15 heavy (non-hydrogen) atoms. The molecule has 0 saturated carbocycles. The second-order valence-corrected chi connectivity index (χ2v) is 3.10. The zero-order valence-electron chi connectivity index (χ0n) is 7.24. The lowest BCUT2D eigenvalue weighted by atomic mass is 10.2. The van der Waals surface area contributed by atoms with Gasteiger partial charge in [-0.2, -0.15) is 17.6 Å². The predicted octanol–water partition coefficient (Wildman–Crippen LogP) is 3.66. The summed E-state index contributed by atoms with van der Waals surface area (Å²) in [6.45, 7) is 1.74. The molecule has 0 bridgehead atoms. The van der Waals surface area contributed by atoms with E-state index in [1.807, 2.05) is 0 Å². The molecule has 2 unspecified atom stereocenters. The van der Waals surface area contributed by atoms with Crippen LogP contribution in [0.1, 0.15) is 35.1 Å². The summed E-state index contributed by atoms with van der Waals surface area (Å²) in [6.07, 6.45) is -4.88. The number of hydrogen-bond acceptors (Lipinski definition) is 2. The fourth-order valence-electron chi connectivity index (χ4n) is 0.961. The molecule has 2 atom stereocenters. The molecule has 0 aromatic rings. The lowest BCUT2D eigenvalue weighted by molar-refractivity contribution is -0.335. The van der Waals surface area contributed by atoms with Gasteiger partial charge in [-0.05, 0) is 13.3 Å². The van der Waals surface area contributed by atoms with Crippen molar-refractivity contribution in [1.29, 1.82) is 0 Å². The molecule has 0 aromatic heterocycles. The van der Waals surface area contributed by atoms with Crippen LogP contribution in [-0.2, 0) is 9.47 Å². The molecule has 0 radical (unpaired) electrons. The molecule has 2 nitrogen and oxygen atoms in total. The molecule has 1 heterocycles. The molecule has 1 aliphatic heterocycles. The zero-order valence-corrected chi connectivity index (χ0v) is 7.24. The van der Waals surface area contributed by atoms with E-state index in [9.17, 15) is 17.6 Å². The van der Waals surface area contributed by atoms with E-state index in [-0.39, 0.29) is 21.3 Å². The SMILES string of the molecule is C.C.CCC1(C)OCC(F)(C(F)(F)F)O1. The molecule has 0 amide bonds. The first kappa shape index (κ1) is 17.0. The van der Waals surface area contributed by atoms with Gasteiger partial charge in [0, 0.05) is 0 Å². The average molecular weight is 234 g/mol. The minimum Gasteiger partial charge on any atom is -0.344 e. The van der Waals surface area contributed by atoms with Crippen LogP contribution in [-0.4, -0.2) is 24.4 Å². The topological polar surface area (TPSA) is 18.5 Å². The van der Waals surface area contributed by atoms with E-state index in [1.165, 1.54) is 6.92 Å². The molecule has 0 spiro atoms. The molecule has 1 saturated heterocycles. The van der Waals surface area contributed by atoms with Crippen molar-refractivity contribution < 1.29 is 27.0 Å². The fourth-order valence-corrected chi connectivity index (χ4v) is 0.961. The van der Waals surface area contributed by atoms with Crippen molar-refractivity contribution in [3.05, 3.63) is 0 Å². The molecule has 1 rings (SSSR count). The Labute approximate surface area is 87.6 Å². The number of ether oxygens (including phenoxy) is 2. The monoisotopic (exact) mass is 234 g/mol. The molecule has 0 N–H and O–H groups in total. The van der Waals surface area contributed by atoms with Crippen molar-refractivity contribution in [2.75, 3.05) is 6.61 Å². The third kappa shape index (κ3) is 3.04. The van der Waals surface area contributed by atoms with E-state index >= 15 is 0 Å². The second-order valence-electron chi connectivity index (χ2n) is 3.10. The molecule has 6 heteroatoms. The Morgan fingerprint density at radius 2 is 1.73 bits per heavy atom. The normalized spacial score (nSPS) is 35.6. The molecule has 1 fully saturated rings. The van der Waals surface area contributed by atoms with Gasteiger partial charge in [-0.1, -0.05) is 21.8 Å². The lowest BCUT2D eigenvalue weighted by Crippen LogP contribution is -2.44. The zero-order chi connectivity index (χ0) is 10.3. The third-order valence-corrected chi connectivity index (χ3v) is 2.01. The van der Waals surface area contributed by atoms with Gasteiger partial charge in [0.25, 0.3) is 0 Å². The van der Waals surface area contributed by atoms with Crippen LogP contribution in [0.25, 0.3) is 0 Å². The van der Waals surface area contributed by atoms with Crippen LogP contribution in [0.5, 0.6) is 0 Å². The lowest BCUT2D eigenvalue weighted by Gasteiger charge is -2.25. The Bertz CT molecular complexity index is 207. The van der Waals surface area contributed by atoms with Crippen LogP contribution in [0.2, 0.25) is 0 Å². The number of hydrogen-bond donors (Lipinski definition) is 0. The Hall–Kier alpha value is -0.360. The minimum atomic E-state index is -5.04. The van der Waals surface area contributed by atoms with Gasteiger partial charge in [-0.25, -0.2) is 0 Å². The highest BCUT2D eigenvalue weighted by Crippen LogP contribution is 2.44. The van der Waals surface area contributed by atoms with Crippen molar-refractivity contribution in [1.82, 2.24) is 0 Å². The fraction of sp³-hybridized carbons (Fsp3) is 1.00. The number of rotatable bonds is 1. The van der Waals surface area contributed by atoms with Gasteiger partial charge in [-0.15, -0.1) is 0 Å². The van der Waals surface area contributed by atoms with Crippen molar-refractivity contribution in [2.24, 2.45) is 0 Å². The minimum absolute atomic E-state index is 0. The van der Waals surface area contributed by atoms with Crippen LogP contribution in [0, 0.1) is 0 Å². The summed E-state index contributed by atoms with van der Waals surface area (Å²) in [6, 6.07) is 0. The van der Waals surface area contributed by atoms with Crippen molar-refractivity contribution in [3.63, 3.8) is 0 Å². The summed E-state index contributed by atoms with van der Waals surface area (Å²) < 4.78 is 58.0. The quantitative estimate of drug-likeness (QED) is 0.644. The van der Waals surface area contributed by atoms with Gasteiger partial charge in [0.15, 0.2) is 5.79 Å². The summed E-state index contributed by atoms with van der Waals surface area (Å²) in [5.41, 5.74) is 0. The van der Waals surface area contributed by atoms with Crippen LogP contribution in [0.3, 0.4) is 0 Å². The van der Waals surface area contributed by atoms with E-state index in [1.54, 1.807) is 6.92 Å². The smallest absolute Gasteiger partial charge is 0.344 e. The maximum atomic E-state index is 13.0. The van der Waals surface area contributed by atoms with Gasteiger partial charge >= 0.3 is 12.0 Å². The van der Waals surface area contributed by atoms with E-state index < -0.39 is 24.4 Å². The van der Waals surface area contributed by atoms with Crippen LogP contribution in [0.4, 0.5) is 17.6 Å². The standard InChI is InChI=1S/C7H10F4O2.2CH4/c1-3-5(2)12-4-6(8,13-5)7(9,10)11;;/h3-4H2,1-2H3;2*1H4. The maximum Gasteiger partial charge on any atom is 0.450 e. The van der Waals surface area contributed by atoms with E-state index in [4.69, 9.17) is 0 Å². The van der Waals surface area contributed by atoms with Crippen LogP contribution >= 0.6 is 0 Å². The van der Waals surface area contributed by atoms with Gasteiger partial charge in [0.05, 0.1) is 0 Å². The van der Waals surface area contributed by atoms with E-state index in [0.29, 0.717) is 0 Å². The molecule has 0 aromatic carbocycles. The maximum absolute atomic E-state index is 13.0. The Morgan fingerprint density at radius 1 is 1.27 bits per heavy atom. The Balaban J connectivity index is 0. The first-order chi connectivity index (χ1) is 5.72. The molecule has 0 aliphatic carbocycles. The molecular weight excluding hydrogens is 216 g/mol. The Morgan fingerprint density at radius 3 is 1.93 bits per heavy atom. The molecule has 1 aliphatic rings. The highest BCUT2D eigenvalue weighted by molar-refractivity contribution is 4.86. The predicted molar refractivity (Wildman–Crippen MR) is 49.1 cm³/mol. The number of alkyl halides is 4. The van der Waals surface area contributed by atoms with Gasteiger partial charge in [-0.3, -0.25) is 0 Å². The summed E-state index contributed by atoms with van der Waals surface area (Å²) in [7, 11) is 0. The van der Waals surface area contributed by atoms with Crippen LogP contribution in [0.15, 0.2) is 0 Å². The summed E-state index contributed by atoms with van der Waals surface area (Å²) >= 11 is 0. The van der Waals surface area contributed by atoms with Gasteiger partial charge in [0.2, 0.25) is 0 Å². The van der Waals surface area contributed by atoms with E-state index in [2.05, 4.69) is 9.47 Å². The first-order valence-corrected chi connectivity index (χ1v) is 3.82. The summed E-state index contributed by atoms with van der Waals surface area (Å²) in [4.78, 5) is 0. The average Bonchev–Trinajstić information content (AvgIpc) is 2.29. The number of halogens is 4. The van der Waals surface area contributed by atoms with Crippen LogP contribution < -0.4 is 0 Å². The largest absolute Gasteiger partial charge is 0.450 e. The van der Waals surface area contributed by atoms with Crippen molar-refractivity contribution in [3.8, 4) is 0 Å². The second kappa shape index (κ2) is 4.65. The molecular formula is C9H18F4O2. The summed E-state index contributed by atoms with van der Waals surface area (Å²) in [5.74, 6) is -5.12. The van der Waals surface area contributed by atoms with Gasteiger partial charge in [0.1, 0.15) is 6.61 Å². The first-order valence-electron chi connectivity index (χ1n) is 3.82. The van der Waals surface area contributed by atoms with E-state index in [0.717, 1.165) is 0 Å².